The molecule has 1 heterocycles. The first kappa shape index (κ1) is 14.0. The van der Waals surface area contributed by atoms with Crippen molar-refractivity contribution in [3.63, 3.8) is 0 Å². The van der Waals surface area contributed by atoms with Crippen molar-refractivity contribution in [3.05, 3.63) is 29.6 Å². The Bertz CT molecular complexity index is 596. The number of nitrogen functional groups attached to an aromatic ring is 1. The zero-order valence-electron chi connectivity index (χ0n) is 10.6. The summed E-state index contributed by atoms with van der Waals surface area (Å²) in [6, 6.07) is 3.81. The molecule has 0 saturated carbocycles. The van der Waals surface area contributed by atoms with Crippen molar-refractivity contribution in [1.29, 1.82) is 0 Å². The fourth-order valence-corrected chi connectivity index (χ4v) is 2.36. The summed E-state index contributed by atoms with van der Waals surface area (Å²) in [6.07, 6.45) is -0.309. The molecular weight excluding hydrogens is 267 g/mol. The van der Waals surface area contributed by atoms with Crippen molar-refractivity contribution in [1.82, 2.24) is 5.32 Å². The minimum atomic E-state index is -1.74. The minimum Gasteiger partial charge on any atom is -0.480 e. The van der Waals surface area contributed by atoms with Gasteiger partial charge in [0.2, 0.25) is 5.91 Å². The van der Waals surface area contributed by atoms with Crippen LogP contribution in [0.15, 0.2) is 18.2 Å². The van der Waals surface area contributed by atoms with Gasteiger partial charge < -0.3 is 16.2 Å². The van der Waals surface area contributed by atoms with Crippen LogP contribution in [0.25, 0.3) is 0 Å². The van der Waals surface area contributed by atoms with Crippen LogP contribution in [0.5, 0.6) is 0 Å². The number of nitrogens with two attached hydrogens (primary N) is 1. The molecule has 1 amide bonds. The first-order valence-electron chi connectivity index (χ1n) is 5.87. The molecule has 1 aliphatic rings. The van der Waals surface area contributed by atoms with Crippen molar-refractivity contribution < 1.29 is 23.9 Å². The van der Waals surface area contributed by atoms with Crippen LogP contribution in [0.3, 0.4) is 0 Å². The molecule has 0 radical (unpaired) electrons. The van der Waals surface area contributed by atoms with E-state index in [0.29, 0.717) is 0 Å². The number of piperidine rings is 1. The van der Waals surface area contributed by atoms with Crippen molar-refractivity contribution in [2.24, 2.45) is 5.92 Å². The zero-order valence-corrected chi connectivity index (χ0v) is 10.6. The number of carbonyl (C=O) groups excluding carboxylic acids is 2. The fraction of sp³-hybridized carbons (Fsp3) is 0.308. The standard InChI is InChI=1S/C13H13FN2O4/c1-13(7-4-6(15)2-3-8(7)14)5-9(17)10(12(19)20)11(18)16-13/h2-4,10H,5,15H2,1H3,(H,16,18)(H,19,20). The van der Waals surface area contributed by atoms with Gasteiger partial charge in [-0.05, 0) is 25.1 Å². The number of carboxylic acid groups (broad SMARTS) is 1. The van der Waals surface area contributed by atoms with Crippen LogP contribution in [0.4, 0.5) is 10.1 Å². The summed E-state index contributed by atoms with van der Waals surface area (Å²) in [4.78, 5) is 34.5. The van der Waals surface area contributed by atoms with Gasteiger partial charge in [0.25, 0.3) is 0 Å². The topological polar surface area (TPSA) is 109 Å². The monoisotopic (exact) mass is 280 g/mol. The van der Waals surface area contributed by atoms with Crippen LogP contribution in [0.2, 0.25) is 0 Å². The molecule has 1 aromatic carbocycles. The number of anilines is 1. The Kier molecular flexibility index (Phi) is 3.21. The lowest BCUT2D eigenvalue weighted by Crippen LogP contribution is -2.56. The maximum atomic E-state index is 13.9. The normalized spacial score (nSPS) is 26.2. The van der Waals surface area contributed by atoms with Gasteiger partial charge in [-0.1, -0.05) is 0 Å². The van der Waals surface area contributed by atoms with E-state index in [1.54, 1.807) is 0 Å². The molecule has 0 spiro atoms. The van der Waals surface area contributed by atoms with Crippen LogP contribution in [-0.4, -0.2) is 22.8 Å². The van der Waals surface area contributed by atoms with Gasteiger partial charge in [0.05, 0.1) is 5.54 Å². The number of hydrogen-bond acceptors (Lipinski definition) is 4. The third kappa shape index (κ3) is 2.22. The van der Waals surface area contributed by atoms with Crippen molar-refractivity contribution in [2.75, 3.05) is 5.73 Å². The Morgan fingerprint density at radius 3 is 2.70 bits per heavy atom. The van der Waals surface area contributed by atoms with E-state index in [-0.39, 0.29) is 17.7 Å². The van der Waals surface area contributed by atoms with Crippen LogP contribution >= 0.6 is 0 Å². The Balaban J connectivity index is 2.43. The van der Waals surface area contributed by atoms with E-state index in [4.69, 9.17) is 10.8 Å². The van der Waals surface area contributed by atoms with E-state index < -0.39 is 34.9 Å². The predicted molar refractivity (Wildman–Crippen MR) is 67.1 cm³/mol. The molecule has 7 heteroatoms. The molecule has 2 unspecified atom stereocenters. The highest BCUT2D eigenvalue weighted by Crippen LogP contribution is 2.33. The molecule has 6 nitrogen and oxygen atoms in total. The van der Waals surface area contributed by atoms with E-state index >= 15 is 0 Å². The molecule has 106 valence electrons. The highest BCUT2D eigenvalue weighted by molar-refractivity contribution is 6.18. The quantitative estimate of drug-likeness (QED) is 0.537. The van der Waals surface area contributed by atoms with Gasteiger partial charge in [0.15, 0.2) is 11.7 Å². The summed E-state index contributed by atoms with van der Waals surface area (Å²) < 4.78 is 13.9. The Hall–Kier alpha value is -2.44. The third-order valence-corrected chi connectivity index (χ3v) is 3.34. The molecule has 20 heavy (non-hydrogen) atoms. The molecule has 4 N–H and O–H groups in total. The third-order valence-electron chi connectivity index (χ3n) is 3.34. The van der Waals surface area contributed by atoms with Gasteiger partial charge in [-0.3, -0.25) is 14.4 Å². The number of carbonyl (C=O) groups is 3. The largest absolute Gasteiger partial charge is 0.480 e. The van der Waals surface area contributed by atoms with Crippen molar-refractivity contribution in [2.45, 2.75) is 18.9 Å². The SMILES string of the molecule is CC1(c2cc(N)ccc2F)CC(=O)C(C(=O)O)C(=O)N1. The molecule has 1 aliphatic heterocycles. The number of halogens is 1. The predicted octanol–water partition coefficient (Wildman–Crippen LogP) is 0.413. The van der Waals surface area contributed by atoms with Crippen LogP contribution < -0.4 is 11.1 Å². The van der Waals surface area contributed by atoms with Gasteiger partial charge in [0.1, 0.15) is 5.82 Å². The summed E-state index contributed by atoms with van der Waals surface area (Å²) in [5, 5.41) is 11.2. The number of rotatable bonds is 2. The number of ketones is 1. The molecular formula is C13H13FN2O4. The molecule has 0 aromatic heterocycles. The van der Waals surface area contributed by atoms with Crippen molar-refractivity contribution >= 4 is 23.3 Å². The Morgan fingerprint density at radius 2 is 2.15 bits per heavy atom. The van der Waals surface area contributed by atoms with E-state index in [9.17, 15) is 18.8 Å². The number of hydrogen-bond donors (Lipinski definition) is 3. The highest BCUT2D eigenvalue weighted by Gasteiger charge is 2.47. The summed E-state index contributed by atoms with van der Waals surface area (Å²) in [5.74, 6) is -5.58. The highest BCUT2D eigenvalue weighted by atomic mass is 19.1. The van der Waals surface area contributed by atoms with Gasteiger partial charge in [-0.2, -0.15) is 0 Å². The number of aliphatic carboxylic acids is 1. The molecule has 1 fully saturated rings. The second-order valence-corrected chi connectivity index (χ2v) is 4.97. The Labute approximate surface area is 113 Å². The molecule has 2 rings (SSSR count). The van der Waals surface area contributed by atoms with E-state index in [0.717, 1.165) is 6.07 Å². The van der Waals surface area contributed by atoms with Crippen LogP contribution in [-0.2, 0) is 19.9 Å². The maximum Gasteiger partial charge on any atom is 0.323 e. The lowest BCUT2D eigenvalue weighted by molar-refractivity contribution is -0.154. The second kappa shape index (κ2) is 4.59. The molecule has 0 aliphatic carbocycles. The van der Waals surface area contributed by atoms with Gasteiger partial charge in [0, 0.05) is 17.7 Å². The summed E-state index contributed by atoms with van der Waals surface area (Å²) in [6.45, 7) is 1.46. The lowest BCUT2D eigenvalue weighted by atomic mass is 9.79. The van der Waals surface area contributed by atoms with Crippen molar-refractivity contribution in [3.8, 4) is 0 Å². The molecule has 1 aromatic rings. The zero-order chi connectivity index (χ0) is 15.1. The first-order chi connectivity index (χ1) is 9.24. The van der Waals surface area contributed by atoms with Gasteiger partial charge in [-0.15, -0.1) is 0 Å². The van der Waals surface area contributed by atoms with Crippen LogP contribution in [0, 0.1) is 11.7 Å². The number of nitrogens with one attached hydrogen (secondary N) is 1. The van der Waals surface area contributed by atoms with Crippen LogP contribution in [0.1, 0.15) is 18.9 Å². The van der Waals surface area contributed by atoms with Gasteiger partial charge in [-0.25, -0.2) is 4.39 Å². The molecule has 0 bridgehead atoms. The second-order valence-electron chi connectivity index (χ2n) is 4.97. The number of carboxylic acids is 1. The maximum absolute atomic E-state index is 13.9. The minimum absolute atomic E-state index is 0.0584. The molecule has 1 saturated heterocycles. The average molecular weight is 280 g/mol. The first-order valence-corrected chi connectivity index (χ1v) is 5.87. The number of Topliss-reactive ketones (excluding diaryl/α,β-unsaturated/α-hetero) is 1. The average Bonchev–Trinajstić information content (AvgIpc) is 2.30. The number of benzene rings is 1. The van der Waals surface area contributed by atoms with Gasteiger partial charge >= 0.3 is 5.97 Å². The van der Waals surface area contributed by atoms with E-state index in [1.807, 2.05) is 0 Å². The lowest BCUT2D eigenvalue weighted by Gasteiger charge is -2.36. The number of amides is 1. The summed E-state index contributed by atoms with van der Waals surface area (Å²) in [5.41, 5.74) is 4.61. The summed E-state index contributed by atoms with van der Waals surface area (Å²) >= 11 is 0. The smallest absolute Gasteiger partial charge is 0.323 e. The fourth-order valence-electron chi connectivity index (χ4n) is 2.36. The van der Waals surface area contributed by atoms with E-state index in [2.05, 4.69) is 5.32 Å². The molecule has 2 atom stereocenters. The summed E-state index contributed by atoms with van der Waals surface area (Å²) in [7, 11) is 0. The van der Waals surface area contributed by atoms with E-state index in [1.165, 1.54) is 19.1 Å². The Morgan fingerprint density at radius 1 is 1.50 bits per heavy atom.